The second kappa shape index (κ2) is 12.5. The highest BCUT2D eigenvalue weighted by atomic mass is 16.4. The number of nitrogens with two attached hydrogens (primary N) is 2. The number of carboxylic acids is 1. The second-order valence-electron chi connectivity index (χ2n) is 9.65. The number of nitrogen functional groups attached to an aromatic ring is 1. The Morgan fingerprint density at radius 3 is 2.39 bits per heavy atom. The number of hydrogen-bond donors (Lipinski definition) is 7. The van der Waals surface area contributed by atoms with Crippen LogP contribution in [0, 0.1) is 5.92 Å². The van der Waals surface area contributed by atoms with Crippen LogP contribution in [0.1, 0.15) is 45.6 Å². The van der Waals surface area contributed by atoms with Crippen LogP contribution in [0.5, 0.6) is 5.75 Å². The van der Waals surface area contributed by atoms with E-state index >= 15 is 0 Å². The van der Waals surface area contributed by atoms with Crippen LogP contribution in [0.3, 0.4) is 0 Å². The maximum Gasteiger partial charge on any atom is 0.328 e. The first-order valence-electron chi connectivity index (χ1n) is 12.0. The molecule has 12 nitrogen and oxygen atoms in total. The molecule has 1 heterocycles. The molecule has 1 aromatic carbocycles. The lowest BCUT2D eigenvalue weighted by Crippen LogP contribution is -2.58. The predicted octanol–water partition coefficient (Wildman–Crippen LogP) is -0.684. The number of hydrogen-bond acceptors (Lipinski definition) is 8. The Balaban J connectivity index is 2.12. The van der Waals surface area contributed by atoms with Crippen LogP contribution < -0.4 is 22.1 Å². The van der Waals surface area contributed by atoms with E-state index in [0.717, 1.165) is 0 Å². The van der Waals surface area contributed by atoms with Crippen molar-refractivity contribution in [2.75, 3.05) is 12.3 Å². The summed E-state index contributed by atoms with van der Waals surface area (Å²) in [6, 6.07) is 0.174. The molecule has 12 heteroatoms. The lowest BCUT2D eigenvalue weighted by atomic mass is 10.0. The number of benzene rings is 1. The fraction of sp³-hybridized carbons (Fsp3) is 0.583. The molecule has 200 valence electrons. The molecule has 2 rings (SSSR count). The third-order valence-electron chi connectivity index (χ3n) is 6.09. The second-order valence-corrected chi connectivity index (χ2v) is 9.65. The molecule has 1 saturated heterocycles. The van der Waals surface area contributed by atoms with Crippen molar-refractivity contribution in [2.24, 2.45) is 11.7 Å². The van der Waals surface area contributed by atoms with E-state index in [9.17, 15) is 34.5 Å². The first-order chi connectivity index (χ1) is 16.8. The number of aliphatic hydroxyl groups excluding tert-OH is 1. The molecule has 1 aromatic rings. The van der Waals surface area contributed by atoms with Crippen molar-refractivity contribution in [1.29, 1.82) is 0 Å². The number of phenols is 1. The number of amides is 3. The summed E-state index contributed by atoms with van der Waals surface area (Å²) >= 11 is 0. The molecule has 9 N–H and O–H groups in total. The van der Waals surface area contributed by atoms with Gasteiger partial charge in [-0.2, -0.15) is 0 Å². The molecular formula is C24H37N5O7. The Morgan fingerprint density at radius 2 is 1.83 bits per heavy atom. The number of nitrogens with one attached hydrogen (secondary N) is 2. The Hall–Kier alpha value is -3.38. The van der Waals surface area contributed by atoms with Crippen molar-refractivity contribution in [1.82, 2.24) is 15.5 Å². The Labute approximate surface area is 210 Å². The molecule has 1 aliphatic rings. The molecule has 0 bridgehead atoms. The van der Waals surface area contributed by atoms with Crippen LogP contribution in [-0.2, 0) is 25.6 Å². The van der Waals surface area contributed by atoms with E-state index in [1.54, 1.807) is 6.07 Å². The van der Waals surface area contributed by atoms with Gasteiger partial charge < -0.3 is 42.3 Å². The standard InChI is InChI=1S/C24H37N5O7/c1-12(2)9-17(27-21(32)16(26)11-14-6-7-19(31)15(25)10-14)23(34)29-8-4-5-18(29)22(33)28-20(13(3)30)24(35)36/h6-7,10,12-13,16-18,20,30-31H,4-5,8-9,11,25-26H2,1-3H3,(H,27,32)(H,28,33)(H,35,36)/t13-,16+,17+,18+,20+/m1/s1. The van der Waals surface area contributed by atoms with E-state index in [4.69, 9.17) is 11.5 Å². The number of carboxylic acid groups (broad SMARTS) is 1. The molecule has 1 aliphatic heterocycles. The predicted molar refractivity (Wildman–Crippen MR) is 132 cm³/mol. The Morgan fingerprint density at radius 1 is 1.17 bits per heavy atom. The van der Waals surface area contributed by atoms with Gasteiger partial charge in [0.05, 0.1) is 17.8 Å². The SMILES string of the molecule is CC(C)C[C@H](NC(=O)[C@@H](N)Cc1ccc(O)c(N)c1)C(=O)N1CCC[C@H]1C(=O)N[C@H](C(=O)O)[C@@H](C)O. The van der Waals surface area contributed by atoms with Gasteiger partial charge in [0.15, 0.2) is 6.04 Å². The number of aliphatic carboxylic acids is 1. The highest BCUT2D eigenvalue weighted by Gasteiger charge is 2.39. The Bertz CT molecular complexity index is 968. The zero-order valence-electron chi connectivity index (χ0n) is 20.8. The first-order valence-corrected chi connectivity index (χ1v) is 12.0. The summed E-state index contributed by atoms with van der Waals surface area (Å²) in [7, 11) is 0. The summed E-state index contributed by atoms with van der Waals surface area (Å²) in [5, 5.41) is 33.5. The maximum atomic E-state index is 13.4. The molecular weight excluding hydrogens is 470 g/mol. The molecule has 0 spiro atoms. The number of phenolic OH excluding ortho intramolecular Hbond substituents is 1. The summed E-state index contributed by atoms with van der Waals surface area (Å²) in [5.74, 6) is -3.12. The van der Waals surface area contributed by atoms with Gasteiger partial charge in [-0.05, 0) is 56.2 Å². The van der Waals surface area contributed by atoms with Crippen LogP contribution in [0.2, 0.25) is 0 Å². The lowest BCUT2D eigenvalue weighted by molar-refractivity contribution is -0.147. The summed E-state index contributed by atoms with van der Waals surface area (Å²) in [6.07, 6.45) is -0.0345. The topological polar surface area (TPSA) is 208 Å². The van der Waals surface area contributed by atoms with Crippen LogP contribution in [0.15, 0.2) is 18.2 Å². The quantitative estimate of drug-likeness (QED) is 0.149. The van der Waals surface area contributed by atoms with Crippen LogP contribution in [0.25, 0.3) is 0 Å². The molecule has 0 unspecified atom stereocenters. The molecule has 3 amide bonds. The van der Waals surface area contributed by atoms with E-state index in [2.05, 4.69) is 10.6 Å². The van der Waals surface area contributed by atoms with Crippen LogP contribution in [0.4, 0.5) is 5.69 Å². The number of rotatable bonds is 11. The van der Waals surface area contributed by atoms with Gasteiger partial charge in [-0.1, -0.05) is 19.9 Å². The van der Waals surface area contributed by atoms with E-state index in [-0.39, 0.29) is 30.3 Å². The zero-order valence-corrected chi connectivity index (χ0v) is 20.8. The maximum absolute atomic E-state index is 13.4. The number of likely N-dealkylation sites (tertiary alicyclic amines) is 1. The molecule has 36 heavy (non-hydrogen) atoms. The Kier molecular flexibility index (Phi) is 10.1. The largest absolute Gasteiger partial charge is 0.506 e. The number of anilines is 1. The fourth-order valence-electron chi connectivity index (χ4n) is 4.19. The monoisotopic (exact) mass is 507 g/mol. The summed E-state index contributed by atoms with van der Waals surface area (Å²) in [4.78, 5) is 51.8. The van der Waals surface area contributed by atoms with Crippen molar-refractivity contribution < 1.29 is 34.5 Å². The number of carbonyl (C=O) groups is 4. The number of carbonyl (C=O) groups excluding carboxylic acids is 3. The molecule has 0 radical (unpaired) electrons. The summed E-state index contributed by atoms with van der Waals surface area (Å²) in [5.41, 5.74) is 12.6. The number of nitrogens with zero attached hydrogens (tertiary/aromatic N) is 1. The highest BCUT2D eigenvalue weighted by molar-refractivity contribution is 5.94. The summed E-state index contributed by atoms with van der Waals surface area (Å²) < 4.78 is 0. The number of aromatic hydroxyl groups is 1. The van der Waals surface area contributed by atoms with Crippen molar-refractivity contribution in [3.05, 3.63) is 23.8 Å². The molecule has 0 aromatic heterocycles. The van der Waals surface area contributed by atoms with E-state index < -0.39 is 54.0 Å². The summed E-state index contributed by atoms with van der Waals surface area (Å²) in [6.45, 7) is 5.30. The van der Waals surface area contributed by atoms with Gasteiger partial charge in [0.2, 0.25) is 17.7 Å². The minimum absolute atomic E-state index is 0.0360. The van der Waals surface area contributed by atoms with Gasteiger partial charge in [0.25, 0.3) is 0 Å². The third-order valence-corrected chi connectivity index (χ3v) is 6.09. The zero-order chi connectivity index (χ0) is 27.2. The van der Waals surface area contributed by atoms with E-state index in [1.807, 2.05) is 13.8 Å². The van der Waals surface area contributed by atoms with E-state index in [1.165, 1.54) is 24.0 Å². The van der Waals surface area contributed by atoms with Crippen molar-refractivity contribution in [3.63, 3.8) is 0 Å². The molecule has 1 fully saturated rings. The third kappa shape index (κ3) is 7.56. The van der Waals surface area contributed by atoms with Gasteiger partial charge in [0.1, 0.15) is 17.8 Å². The normalized spacial score (nSPS) is 18.8. The highest BCUT2D eigenvalue weighted by Crippen LogP contribution is 2.22. The molecule has 0 saturated carbocycles. The molecule has 5 atom stereocenters. The van der Waals surface area contributed by atoms with Crippen molar-refractivity contribution >= 4 is 29.4 Å². The smallest absolute Gasteiger partial charge is 0.328 e. The van der Waals surface area contributed by atoms with Crippen molar-refractivity contribution in [2.45, 2.75) is 76.7 Å². The minimum atomic E-state index is -1.51. The van der Waals surface area contributed by atoms with Gasteiger partial charge in [-0.25, -0.2) is 4.79 Å². The lowest BCUT2D eigenvalue weighted by Gasteiger charge is -2.31. The minimum Gasteiger partial charge on any atom is -0.506 e. The van der Waals surface area contributed by atoms with E-state index in [0.29, 0.717) is 24.8 Å². The first kappa shape index (κ1) is 28.9. The van der Waals surface area contributed by atoms with Gasteiger partial charge in [-0.3, -0.25) is 14.4 Å². The fourth-order valence-corrected chi connectivity index (χ4v) is 4.19. The van der Waals surface area contributed by atoms with Crippen molar-refractivity contribution in [3.8, 4) is 5.75 Å². The van der Waals surface area contributed by atoms with Gasteiger partial charge in [0, 0.05) is 6.54 Å². The number of aliphatic hydroxyl groups is 1. The van der Waals surface area contributed by atoms with Crippen LogP contribution >= 0.6 is 0 Å². The molecule has 0 aliphatic carbocycles. The van der Waals surface area contributed by atoms with Gasteiger partial charge in [-0.15, -0.1) is 0 Å². The van der Waals surface area contributed by atoms with Gasteiger partial charge >= 0.3 is 5.97 Å². The average Bonchev–Trinajstić information content (AvgIpc) is 3.28. The van der Waals surface area contributed by atoms with Crippen LogP contribution in [-0.4, -0.2) is 80.7 Å². The average molecular weight is 508 g/mol.